The molecule has 0 aliphatic rings. The van der Waals surface area contributed by atoms with Crippen molar-refractivity contribution in [1.82, 2.24) is 9.97 Å². The minimum Gasteiger partial charge on any atom is -0.436 e. The molecule has 0 spiro atoms. The quantitative estimate of drug-likeness (QED) is 0.864. The Balaban J connectivity index is 2.36. The van der Waals surface area contributed by atoms with Gasteiger partial charge in [-0.15, -0.1) is 0 Å². The SMILES string of the molecule is Cc1cc(Oc2c(C)cc(Br)cc2N)ncn1. The largest absolute Gasteiger partial charge is 0.436 e. The molecule has 1 heterocycles. The van der Waals surface area contributed by atoms with E-state index in [0.29, 0.717) is 17.3 Å². The summed E-state index contributed by atoms with van der Waals surface area (Å²) in [4.78, 5) is 8.05. The van der Waals surface area contributed by atoms with Crippen molar-refractivity contribution in [2.24, 2.45) is 0 Å². The van der Waals surface area contributed by atoms with Crippen LogP contribution in [0.3, 0.4) is 0 Å². The van der Waals surface area contributed by atoms with Crippen molar-refractivity contribution in [1.29, 1.82) is 0 Å². The highest BCUT2D eigenvalue weighted by atomic mass is 79.9. The number of nitrogens with two attached hydrogens (primary N) is 1. The summed E-state index contributed by atoms with van der Waals surface area (Å²) in [5.74, 6) is 1.13. The van der Waals surface area contributed by atoms with E-state index in [4.69, 9.17) is 10.5 Å². The molecule has 88 valence electrons. The number of aromatic nitrogens is 2. The fourth-order valence-corrected chi connectivity index (χ4v) is 2.08. The van der Waals surface area contributed by atoms with E-state index < -0.39 is 0 Å². The molecule has 4 nitrogen and oxygen atoms in total. The van der Waals surface area contributed by atoms with Gasteiger partial charge in [-0.25, -0.2) is 9.97 Å². The van der Waals surface area contributed by atoms with Crippen molar-refractivity contribution in [2.75, 3.05) is 5.73 Å². The third kappa shape index (κ3) is 2.74. The fraction of sp³-hybridized carbons (Fsp3) is 0.167. The molecule has 0 unspecified atom stereocenters. The lowest BCUT2D eigenvalue weighted by atomic mass is 10.2. The number of benzene rings is 1. The smallest absolute Gasteiger partial charge is 0.222 e. The molecule has 2 rings (SSSR count). The van der Waals surface area contributed by atoms with Gasteiger partial charge in [0, 0.05) is 16.2 Å². The molecule has 17 heavy (non-hydrogen) atoms. The lowest BCUT2D eigenvalue weighted by molar-refractivity contribution is 0.459. The monoisotopic (exact) mass is 293 g/mol. The van der Waals surface area contributed by atoms with E-state index >= 15 is 0 Å². The predicted molar refractivity (Wildman–Crippen MR) is 70.1 cm³/mol. The van der Waals surface area contributed by atoms with Gasteiger partial charge in [0.05, 0.1) is 5.69 Å². The molecular formula is C12H12BrN3O. The summed E-state index contributed by atoms with van der Waals surface area (Å²) in [7, 11) is 0. The average molecular weight is 294 g/mol. The highest BCUT2D eigenvalue weighted by molar-refractivity contribution is 9.10. The van der Waals surface area contributed by atoms with Gasteiger partial charge in [0.2, 0.25) is 5.88 Å². The van der Waals surface area contributed by atoms with Crippen LogP contribution in [-0.4, -0.2) is 9.97 Å². The van der Waals surface area contributed by atoms with E-state index in [1.54, 1.807) is 12.1 Å². The van der Waals surface area contributed by atoms with Gasteiger partial charge in [-0.3, -0.25) is 0 Å². The molecule has 5 heteroatoms. The van der Waals surface area contributed by atoms with Crippen LogP contribution in [0.2, 0.25) is 0 Å². The normalized spacial score (nSPS) is 10.3. The second-order valence-corrected chi connectivity index (χ2v) is 4.66. The molecule has 2 N–H and O–H groups in total. The minimum atomic E-state index is 0.495. The summed E-state index contributed by atoms with van der Waals surface area (Å²) in [5, 5.41) is 0. The Bertz CT molecular complexity index is 534. The molecule has 1 aromatic heterocycles. The van der Waals surface area contributed by atoms with E-state index in [0.717, 1.165) is 15.7 Å². The van der Waals surface area contributed by atoms with Gasteiger partial charge in [0.1, 0.15) is 6.33 Å². The first-order chi connectivity index (χ1) is 8.06. The first-order valence-electron chi connectivity index (χ1n) is 5.08. The number of hydrogen-bond acceptors (Lipinski definition) is 4. The van der Waals surface area contributed by atoms with Crippen molar-refractivity contribution < 1.29 is 4.74 Å². The highest BCUT2D eigenvalue weighted by Gasteiger charge is 2.08. The third-order valence-electron chi connectivity index (χ3n) is 2.25. The van der Waals surface area contributed by atoms with Crippen LogP contribution in [0.5, 0.6) is 11.6 Å². The summed E-state index contributed by atoms with van der Waals surface area (Å²) >= 11 is 3.38. The van der Waals surface area contributed by atoms with E-state index in [1.165, 1.54) is 6.33 Å². The van der Waals surface area contributed by atoms with Crippen molar-refractivity contribution >= 4 is 21.6 Å². The maximum atomic E-state index is 5.91. The topological polar surface area (TPSA) is 61.0 Å². The number of ether oxygens (including phenoxy) is 1. The first kappa shape index (κ1) is 11.9. The number of hydrogen-bond donors (Lipinski definition) is 1. The van der Waals surface area contributed by atoms with Crippen molar-refractivity contribution in [3.8, 4) is 11.6 Å². The fourth-order valence-electron chi connectivity index (χ4n) is 1.49. The zero-order valence-corrected chi connectivity index (χ0v) is 11.2. The lowest BCUT2D eigenvalue weighted by Gasteiger charge is -2.11. The number of rotatable bonds is 2. The van der Waals surface area contributed by atoms with E-state index in [2.05, 4.69) is 25.9 Å². The van der Waals surface area contributed by atoms with Crippen molar-refractivity contribution in [2.45, 2.75) is 13.8 Å². The Morgan fingerprint density at radius 1 is 1.18 bits per heavy atom. The maximum Gasteiger partial charge on any atom is 0.222 e. The lowest BCUT2D eigenvalue weighted by Crippen LogP contribution is -1.97. The van der Waals surface area contributed by atoms with Gasteiger partial charge in [0.15, 0.2) is 5.75 Å². The molecule has 0 aliphatic heterocycles. The summed E-state index contributed by atoms with van der Waals surface area (Å²) < 4.78 is 6.61. The first-order valence-corrected chi connectivity index (χ1v) is 5.87. The molecule has 0 saturated heterocycles. The van der Waals surface area contributed by atoms with Crippen LogP contribution in [0.4, 0.5) is 5.69 Å². The van der Waals surface area contributed by atoms with Crippen LogP contribution in [0.25, 0.3) is 0 Å². The van der Waals surface area contributed by atoms with Crippen molar-refractivity contribution in [3.05, 3.63) is 40.3 Å². The van der Waals surface area contributed by atoms with Crippen LogP contribution in [0.15, 0.2) is 29.0 Å². The van der Waals surface area contributed by atoms with Gasteiger partial charge in [-0.1, -0.05) is 15.9 Å². The molecule has 0 fully saturated rings. The second kappa shape index (κ2) is 4.71. The summed E-state index contributed by atoms with van der Waals surface area (Å²) in [6, 6.07) is 5.51. The zero-order chi connectivity index (χ0) is 12.4. The predicted octanol–water partition coefficient (Wildman–Crippen LogP) is 3.23. The van der Waals surface area contributed by atoms with Gasteiger partial charge in [-0.05, 0) is 31.5 Å². The van der Waals surface area contributed by atoms with E-state index in [-0.39, 0.29) is 0 Å². The van der Waals surface area contributed by atoms with Crippen LogP contribution < -0.4 is 10.5 Å². The molecule has 0 bridgehead atoms. The van der Waals surface area contributed by atoms with Gasteiger partial charge >= 0.3 is 0 Å². The maximum absolute atomic E-state index is 5.91. The van der Waals surface area contributed by atoms with Gasteiger partial charge in [0.25, 0.3) is 0 Å². The molecule has 0 amide bonds. The van der Waals surface area contributed by atoms with E-state index in [1.807, 2.05) is 19.9 Å². The standard InChI is InChI=1S/C12H12BrN3O/c1-7-3-9(13)5-10(14)12(7)17-11-4-8(2)15-6-16-11/h3-6H,14H2,1-2H3. The molecular weight excluding hydrogens is 282 g/mol. The molecule has 2 aromatic rings. The van der Waals surface area contributed by atoms with Crippen LogP contribution in [0.1, 0.15) is 11.3 Å². The van der Waals surface area contributed by atoms with Crippen molar-refractivity contribution in [3.63, 3.8) is 0 Å². The number of anilines is 1. The summed E-state index contributed by atoms with van der Waals surface area (Å²) in [5.41, 5.74) is 8.29. The Hall–Kier alpha value is -1.62. The number of nitrogen functional groups attached to an aromatic ring is 1. The highest BCUT2D eigenvalue weighted by Crippen LogP contribution is 2.33. The molecule has 1 aromatic carbocycles. The second-order valence-electron chi connectivity index (χ2n) is 3.74. The van der Waals surface area contributed by atoms with Crippen LogP contribution >= 0.6 is 15.9 Å². The number of nitrogens with zero attached hydrogens (tertiary/aromatic N) is 2. The Kier molecular flexibility index (Phi) is 3.28. The molecule has 0 radical (unpaired) electrons. The van der Waals surface area contributed by atoms with E-state index in [9.17, 15) is 0 Å². The molecule has 0 aliphatic carbocycles. The van der Waals surface area contributed by atoms with Crippen LogP contribution in [0, 0.1) is 13.8 Å². The minimum absolute atomic E-state index is 0.495. The number of aryl methyl sites for hydroxylation is 2. The molecule has 0 saturated carbocycles. The molecule has 0 atom stereocenters. The van der Waals surface area contributed by atoms with Crippen LogP contribution in [-0.2, 0) is 0 Å². The Morgan fingerprint density at radius 2 is 1.94 bits per heavy atom. The zero-order valence-electron chi connectivity index (χ0n) is 9.57. The third-order valence-corrected chi connectivity index (χ3v) is 2.71. The van der Waals surface area contributed by atoms with Gasteiger partial charge < -0.3 is 10.5 Å². The summed E-state index contributed by atoms with van der Waals surface area (Å²) in [6.07, 6.45) is 1.47. The number of halogens is 1. The Labute approximate surface area is 108 Å². The average Bonchev–Trinajstić information content (AvgIpc) is 2.23. The summed E-state index contributed by atoms with van der Waals surface area (Å²) in [6.45, 7) is 3.82. The van der Waals surface area contributed by atoms with Gasteiger partial charge in [-0.2, -0.15) is 0 Å². The Morgan fingerprint density at radius 3 is 2.59 bits per heavy atom.